The highest BCUT2D eigenvalue weighted by Crippen LogP contribution is 2.19. The standard InChI is InChI=1S/C62H120O6/c1-56(2)48-42-36-30-24-18-12-8-7-9-15-21-27-33-39-45-51-60(63)66-54-59(68-62(65)53-47-41-35-29-23-17-11-14-20-26-32-38-44-50-58(5)6)55-67-61(64)52-46-40-34-28-22-16-10-13-19-25-31-37-43-49-57(3)4/h56-59H,7-55H2,1-6H3/t59-/m0/s1. The van der Waals surface area contributed by atoms with Gasteiger partial charge < -0.3 is 14.2 Å². The van der Waals surface area contributed by atoms with Crippen molar-refractivity contribution in [2.45, 2.75) is 349 Å². The number of rotatable bonds is 55. The molecule has 0 radical (unpaired) electrons. The maximum absolute atomic E-state index is 12.9. The monoisotopic (exact) mass is 961 g/mol. The lowest BCUT2D eigenvalue weighted by atomic mass is 10.0. The van der Waals surface area contributed by atoms with E-state index in [0.29, 0.717) is 19.3 Å². The Labute approximate surface area is 425 Å². The molecule has 0 unspecified atom stereocenters. The summed E-state index contributed by atoms with van der Waals surface area (Å²) in [6.07, 6.45) is 56.7. The van der Waals surface area contributed by atoms with Gasteiger partial charge in [0.2, 0.25) is 0 Å². The van der Waals surface area contributed by atoms with Crippen LogP contribution >= 0.6 is 0 Å². The predicted octanol–water partition coefficient (Wildman–Crippen LogP) is 20.3. The molecule has 0 saturated carbocycles. The normalized spacial score (nSPS) is 12.1. The van der Waals surface area contributed by atoms with Crippen LogP contribution in [0.25, 0.3) is 0 Å². The van der Waals surface area contributed by atoms with E-state index in [2.05, 4.69) is 41.5 Å². The summed E-state index contributed by atoms with van der Waals surface area (Å²) in [7, 11) is 0. The number of unbranched alkanes of at least 4 members (excludes halogenated alkanes) is 38. The van der Waals surface area contributed by atoms with Crippen LogP contribution in [-0.2, 0) is 28.6 Å². The minimum atomic E-state index is -0.764. The summed E-state index contributed by atoms with van der Waals surface area (Å²) in [5.74, 6) is 1.69. The molecule has 0 rings (SSSR count). The van der Waals surface area contributed by atoms with Gasteiger partial charge in [-0.1, -0.05) is 305 Å². The Bertz CT molecular complexity index is 1050. The molecule has 0 fully saturated rings. The lowest BCUT2D eigenvalue weighted by molar-refractivity contribution is -0.167. The van der Waals surface area contributed by atoms with Crippen molar-refractivity contribution in [3.8, 4) is 0 Å². The van der Waals surface area contributed by atoms with Crippen LogP contribution in [0.5, 0.6) is 0 Å². The van der Waals surface area contributed by atoms with Crippen LogP contribution in [0.1, 0.15) is 343 Å². The molecule has 404 valence electrons. The fourth-order valence-electron chi connectivity index (χ4n) is 9.53. The van der Waals surface area contributed by atoms with E-state index < -0.39 is 6.10 Å². The minimum Gasteiger partial charge on any atom is -0.462 e. The van der Waals surface area contributed by atoms with E-state index in [1.54, 1.807) is 0 Å². The van der Waals surface area contributed by atoms with Crippen molar-refractivity contribution in [3.63, 3.8) is 0 Å². The van der Waals surface area contributed by atoms with Crippen molar-refractivity contribution in [2.75, 3.05) is 13.2 Å². The number of carbonyl (C=O) groups excluding carboxylic acids is 3. The van der Waals surface area contributed by atoms with Crippen LogP contribution in [0.15, 0.2) is 0 Å². The van der Waals surface area contributed by atoms with Crippen molar-refractivity contribution in [3.05, 3.63) is 0 Å². The van der Waals surface area contributed by atoms with Gasteiger partial charge in [-0.2, -0.15) is 0 Å². The van der Waals surface area contributed by atoms with Gasteiger partial charge in [0.15, 0.2) is 6.10 Å². The smallest absolute Gasteiger partial charge is 0.306 e. The van der Waals surface area contributed by atoms with Crippen LogP contribution in [-0.4, -0.2) is 37.2 Å². The summed E-state index contributed by atoms with van der Waals surface area (Å²) in [4.78, 5) is 38.2. The Balaban J connectivity index is 4.30. The molecule has 6 nitrogen and oxygen atoms in total. The number of hydrogen-bond acceptors (Lipinski definition) is 6. The molecule has 0 aromatic carbocycles. The fourth-order valence-corrected chi connectivity index (χ4v) is 9.53. The predicted molar refractivity (Wildman–Crippen MR) is 293 cm³/mol. The highest BCUT2D eigenvalue weighted by Gasteiger charge is 2.19. The third-order valence-corrected chi connectivity index (χ3v) is 14.1. The molecule has 0 aliphatic carbocycles. The summed E-state index contributed by atoms with van der Waals surface area (Å²) in [6.45, 7) is 13.8. The third kappa shape index (κ3) is 55.3. The molecule has 0 aliphatic rings. The minimum absolute atomic E-state index is 0.0629. The second-order valence-corrected chi connectivity index (χ2v) is 22.8. The molecule has 0 N–H and O–H groups in total. The summed E-state index contributed by atoms with van der Waals surface area (Å²) < 4.78 is 16.9. The zero-order valence-corrected chi connectivity index (χ0v) is 46.9. The molecule has 1 atom stereocenters. The molecule has 0 spiro atoms. The fraction of sp³-hybridized carbons (Fsp3) is 0.952. The number of ether oxygens (including phenoxy) is 3. The second-order valence-electron chi connectivity index (χ2n) is 22.8. The topological polar surface area (TPSA) is 78.9 Å². The summed E-state index contributed by atoms with van der Waals surface area (Å²) in [5, 5.41) is 0. The molecule has 0 aliphatic heterocycles. The first-order valence-corrected chi connectivity index (χ1v) is 30.6. The Kier molecular flexibility index (Phi) is 52.0. The van der Waals surface area contributed by atoms with Crippen molar-refractivity contribution in [1.29, 1.82) is 0 Å². The lowest BCUT2D eigenvalue weighted by Gasteiger charge is -2.18. The van der Waals surface area contributed by atoms with Crippen molar-refractivity contribution in [2.24, 2.45) is 17.8 Å². The van der Waals surface area contributed by atoms with Gasteiger partial charge in [0.1, 0.15) is 13.2 Å². The Morgan fingerprint density at radius 2 is 0.426 bits per heavy atom. The SMILES string of the molecule is CC(C)CCCCCCCCCCCCCCCCCC(=O)OC[C@@H](COC(=O)CCCCCCCCCCCCCCCC(C)C)OC(=O)CCCCCCCCCCCCCCCC(C)C. The van der Waals surface area contributed by atoms with E-state index in [1.165, 1.54) is 225 Å². The first kappa shape index (κ1) is 66.4. The van der Waals surface area contributed by atoms with E-state index in [0.717, 1.165) is 75.5 Å². The second kappa shape index (κ2) is 53.2. The van der Waals surface area contributed by atoms with Gasteiger partial charge in [-0.15, -0.1) is 0 Å². The van der Waals surface area contributed by atoms with Crippen LogP contribution in [0.3, 0.4) is 0 Å². The van der Waals surface area contributed by atoms with Gasteiger partial charge in [0, 0.05) is 19.3 Å². The number of esters is 3. The summed E-state index contributed by atoms with van der Waals surface area (Å²) >= 11 is 0. The third-order valence-electron chi connectivity index (χ3n) is 14.1. The van der Waals surface area contributed by atoms with Crippen LogP contribution in [0, 0.1) is 17.8 Å². The molecular formula is C62H120O6. The van der Waals surface area contributed by atoms with Crippen LogP contribution in [0.4, 0.5) is 0 Å². The first-order chi connectivity index (χ1) is 33.1. The molecule has 0 amide bonds. The molecule has 6 heteroatoms. The molecule has 0 heterocycles. The van der Waals surface area contributed by atoms with E-state index in [-0.39, 0.29) is 31.1 Å². The van der Waals surface area contributed by atoms with Gasteiger partial charge >= 0.3 is 17.9 Å². The molecule has 0 aromatic heterocycles. The van der Waals surface area contributed by atoms with Gasteiger partial charge in [-0.25, -0.2) is 0 Å². The Morgan fingerprint density at radius 3 is 0.632 bits per heavy atom. The number of hydrogen-bond donors (Lipinski definition) is 0. The zero-order chi connectivity index (χ0) is 49.8. The number of carbonyl (C=O) groups is 3. The Hall–Kier alpha value is -1.59. The van der Waals surface area contributed by atoms with Gasteiger partial charge in [0.05, 0.1) is 0 Å². The molecular weight excluding hydrogens is 841 g/mol. The van der Waals surface area contributed by atoms with Crippen molar-refractivity contribution in [1.82, 2.24) is 0 Å². The van der Waals surface area contributed by atoms with Gasteiger partial charge in [-0.05, 0) is 37.0 Å². The summed E-state index contributed by atoms with van der Waals surface area (Å²) in [5.41, 5.74) is 0. The summed E-state index contributed by atoms with van der Waals surface area (Å²) in [6, 6.07) is 0. The van der Waals surface area contributed by atoms with Crippen molar-refractivity contribution >= 4 is 17.9 Å². The van der Waals surface area contributed by atoms with Crippen molar-refractivity contribution < 1.29 is 28.6 Å². The maximum Gasteiger partial charge on any atom is 0.306 e. The Morgan fingerprint density at radius 1 is 0.250 bits per heavy atom. The lowest BCUT2D eigenvalue weighted by Crippen LogP contribution is -2.30. The van der Waals surface area contributed by atoms with E-state index in [4.69, 9.17) is 14.2 Å². The zero-order valence-electron chi connectivity index (χ0n) is 46.9. The highest BCUT2D eigenvalue weighted by atomic mass is 16.6. The first-order valence-electron chi connectivity index (χ1n) is 30.6. The highest BCUT2D eigenvalue weighted by molar-refractivity contribution is 5.71. The molecule has 0 saturated heterocycles. The van der Waals surface area contributed by atoms with E-state index >= 15 is 0 Å². The van der Waals surface area contributed by atoms with E-state index in [9.17, 15) is 14.4 Å². The molecule has 0 aromatic rings. The van der Waals surface area contributed by atoms with Gasteiger partial charge in [-0.3, -0.25) is 14.4 Å². The van der Waals surface area contributed by atoms with E-state index in [1.807, 2.05) is 0 Å². The van der Waals surface area contributed by atoms with Crippen LogP contribution in [0.2, 0.25) is 0 Å². The average molecular weight is 962 g/mol. The maximum atomic E-state index is 12.9. The molecule has 0 bridgehead atoms. The van der Waals surface area contributed by atoms with Crippen LogP contribution < -0.4 is 0 Å². The van der Waals surface area contributed by atoms with Gasteiger partial charge in [0.25, 0.3) is 0 Å². The molecule has 68 heavy (non-hydrogen) atoms. The quantitative estimate of drug-likeness (QED) is 0.0343. The average Bonchev–Trinajstić information content (AvgIpc) is 3.30. The largest absolute Gasteiger partial charge is 0.462 e.